The Labute approximate surface area is 110 Å². The SMILES string of the molecule is COc1ccc2occ(-c3ccccc3)c(=O)c2c1. The highest BCUT2D eigenvalue weighted by Gasteiger charge is 2.09. The minimum absolute atomic E-state index is 0.0497. The fraction of sp³-hybridized carbons (Fsp3) is 0.0625. The van der Waals surface area contributed by atoms with Crippen LogP contribution in [0.1, 0.15) is 0 Å². The lowest BCUT2D eigenvalue weighted by Crippen LogP contribution is -2.04. The van der Waals surface area contributed by atoms with Crippen molar-refractivity contribution < 1.29 is 9.15 Å². The molecule has 0 fully saturated rings. The van der Waals surface area contributed by atoms with Gasteiger partial charge >= 0.3 is 0 Å². The molecule has 0 atom stereocenters. The maximum atomic E-state index is 12.5. The second-order valence-electron chi connectivity index (χ2n) is 4.21. The molecule has 3 nitrogen and oxygen atoms in total. The van der Waals surface area contributed by atoms with Gasteiger partial charge in [0.2, 0.25) is 5.43 Å². The molecule has 3 heteroatoms. The molecule has 1 heterocycles. The number of ether oxygens (including phenoxy) is 1. The fourth-order valence-electron chi connectivity index (χ4n) is 2.05. The van der Waals surface area contributed by atoms with E-state index in [2.05, 4.69) is 0 Å². The fourth-order valence-corrected chi connectivity index (χ4v) is 2.05. The normalized spacial score (nSPS) is 10.6. The van der Waals surface area contributed by atoms with Crippen molar-refractivity contribution >= 4 is 11.0 Å². The molecular weight excluding hydrogens is 240 g/mol. The quantitative estimate of drug-likeness (QED) is 0.701. The molecule has 0 bridgehead atoms. The van der Waals surface area contributed by atoms with Gasteiger partial charge in [-0.15, -0.1) is 0 Å². The molecule has 94 valence electrons. The third-order valence-electron chi connectivity index (χ3n) is 3.06. The van der Waals surface area contributed by atoms with Gasteiger partial charge < -0.3 is 9.15 Å². The second-order valence-corrected chi connectivity index (χ2v) is 4.21. The van der Waals surface area contributed by atoms with Gasteiger partial charge in [0, 0.05) is 0 Å². The van der Waals surface area contributed by atoms with Crippen molar-refractivity contribution in [2.45, 2.75) is 0 Å². The van der Waals surface area contributed by atoms with Gasteiger partial charge in [0.1, 0.15) is 17.6 Å². The van der Waals surface area contributed by atoms with Crippen LogP contribution in [0.15, 0.2) is 64.0 Å². The van der Waals surface area contributed by atoms with Gasteiger partial charge in [-0.2, -0.15) is 0 Å². The van der Waals surface area contributed by atoms with E-state index < -0.39 is 0 Å². The van der Waals surface area contributed by atoms with E-state index in [1.54, 1.807) is 25.3 Å². The first kappa shape index (κ1) is 11.5. The zero-order valence-electron chi connectivity index (χ0n) is 10.4. The van der Waals surface area contributed by atoms with Gasteiger partial charge in [0.05, 0.1) is 18.1 Å². The van der Waals surface area contributed by atoms with E-state index in [1.165, 1.54) is 6.26 Å². The van der Waals surface area contributed by atoms with Gasteiger partial charge in [-0.05, 0) is 23.8 Å². The van der Waals surface area contributed by atoms with E-state index in [0.29, 0.717) is 22.3 Å². The van der Waals surface area contributed by atoms with Crippen molar-refractivity contribution in [3.8, 4) is 16.9 Å². The minimum atomic E-state index is -0.0497. The second kappa shape index (κ2) is 4.61. The Morgan fingerprint density at radius 3 is 2.58 bits per heavy atom. The van der Waals surface area contributed by atoms with Gasteiger partial charge in [0.25, 0.3) is 0 Å². The summed E-state index contributed by atoms with van der Waals surface area (Å²) in [5.74, 6) is 0.644. The van der Waals surface area contributed by atoms with E-state index >= 15 is 0 Å². The molecule has 0 N–H and O–H groups in total. The van der Waals surface area contributed by atoms with E-state index in [-0.39, 0.29) is 5.43 Å². The first-order valence-corrected chi connectivity index (χ1v) is 5.94. The smallest absolute Gasteiger partial charge is 0.200 e. The zero-order chi connectivity index (χ0) is 13.2. The first-order chi connectivity index (χ1) is 9.29. The predicted molar refractivity (Wildman–Crippen MR) is 74.5 cm³/mol. The maximum Gasteiger partial charge on any atom is 0.200 e. The molecule has 0 radical (unpaired) electrons. The lowest BCUT2D eigenvalue weighted by molar-refractivity contribution is 0.415. The minimum Gasteiger partial charge on any atom is -0.497 e. The lowest BCUT2D eigenvalue weighted by Gasteiger charge is -2.04. The molecule has 1 aromatic heterocycles. The van der Waals surface area contributed by atoms with Crippen LogP contribution in [-0.4, -0.2) is 7.11 Å². The largest absolute Gasteiger partial charge is 0.497 e. The molecule has 19 heavy (non-hydrogen) atoms. The van der Waals surface area contributed by atoms with E-state index in [9.17, 15) is 4.79 Å². The van der Waals surface area contributed by atoms with Crippen LogP contribution in [0.5, 0.6) is 5.75 Å². The van der Waals surface area contributed by atoms with Crippen molar-refractivity contribution in [1.82, 2.24) is 0 Å². The van der Waals surface area contributed by atoms with Crippen LogP contribution in [0.2, 0.25) is 0 Å². The standard InChI is InChI=1S/C16H12O3/c1-18-12-7-8-15-13(9-12)16(17)14(10-19-15)11-5-3-2-4-6-11/h2-10H,1H3. The Kier molecular flexibility index (Phi) is 2.80. The number of hydrogen-bond donors (Lipinski definition) is 0. The highest BCUT2D eigenvalue weighted by Crippen LogP contribution is 2.22. The topological polar surface area (TPSA) is 39.4 Å². The summed E-state index contributed by atoms with van der Waals surface area (Å²) in [6.07, 6.45) is 1.51. The molecule has 0 amide bonds. The van der Waals surface area contributed by atoms with Crippen molar-refractivity contribution in [3.05, 3.63) is 65.0 Å². The number of fused-ring (bicyclic) bond motifs is 1. The molecular formula is C16H12O3. The summed E-state index contributed by atoms with van der Waals surface area (Å²) >= 11 is 0. The molecule has 0 spiro atoms. The van der Waals surface area contributed by atoms with Crippen molar-refractivity contribution in [3.63, 3.8) is 0 Å². The molecule has 0 aliphatic rings. The van der Waals surface area contributed by atoms with Crippen LogP contribution < -0.4 is 10.2 Å². The van der Waals surface area contributed by atoms with Crippen LogP contribution in [0.3, 0.4) is 0 Å². The molecule has 0 unspecified atom stereocenters. The molecule has 3 aromatic rings. The molecule has 2 aromatic carbocycles. The Morgan fingerprint density at radius 1 is 1.05 bits per heavy atom. The van der Waals surface area contributed by atoms with Gasteiger partial charge in [-0.1, -0.05) is 30.3 Å². The summed E-state index contributed by atoms with van der Waals surface area (Å²) in [5.41, 5.74) is 1.92. The van der Waals surface area contributed by atoms with Crippen LogP contribution in [-0.2, 0) is 0 Å². The Balaban J connectivity index is 2.29. The number of rotatable bonds is 2. The summed E-state index contributed by atoms with van der Waals surface area (Å²) < 4.78 is 10.7. The molecule has 3 rings (SSSR count). The van der Waals surface area contributed by atoms with Gasteiger partial charge in [0.15, 0.2) is 0 Å². The summed E-state index contributed by atoms with van der Waals surface area (Å²) in [7, 11) is 1.57. The molecule has 0 saturated heterocycles. The van der Waals surface area contributed by atoms with Crippen molar-refractivity contribution in [2.24, 2.45) is 0 Å². The van der Waals surface area contributed by atoms with Gasteiger partial charge in [-0.25, -0.2) is 0 Å². The zero-order valence-corrected chi connectivity index (χ0v) is 10.4. The number of benzene rings is 2. The van der Waals surface area contributed by atoms with Crippen LogP contribution in [0, 0.1) is 0 Å². The average molecular weight is 252 g/mol. The Morgan fingerprint density at radius 2 is 1.84 bits per heavy atom. The summed E-state index contributed by atoms with van der Waals surface area (Å²) in [6.45, 7) is 0. The Bertz CT molecular complexity index is 773. The number of methoxy groups -OCH3 is 1. The summed E-state index contributed by atoms with van der Waals surface area (Å²) in [6, 6.07) is 14.7. The number of hydrogen-bond acceptors (Lipinski definition) is 3. The average Bonchev–Trinajstić information content (AvgIpc) is 2.48. The molecule has 0 aliphatic carbocycles. The highest BCUT2D eigenvalue weighted by atomic mass is 16.5. The third kappa shape index (κ3) is 1.99. The molecule has 0 aliphatic heterocycles. The van der Waals surface area contributed by atoms with Crippen molar-refractivity contribution in [1.29, 1.82) is 0 Å². The maximum absolute atomic E-state index is 12.5. The van der Waals surface area contributed by atoms with E-state index in [1.807, 2.05) is 30.3 Å². The predicted octanol–water partition coefficient (Wildman–Crippen LogP) is 3.47. The van der Waals surface area contributed by atoms with Crippen molar-refractivity contribution in [2.75, 3.05) is 7.11 Å². The Hall–Kier alpha value is -2.55. The van der Waals surface area contributed by atoms with E-state index in [0.717, 1.165) is 5.56 Å². The highest BCUT2D eigenvalue weighted by molar-refractivity contribution is 5.82. The summed E-state index contributed by atoms with van der Waals surface area (Å²) in [4.78, 5) is 12.5. The summed E-state index contributed by atoms with van der Waals surface area (Å²) in [5, 5.41) is 0.528. The lowest BCUT2D eigenvalue weighted by atomic mass is 10.1. The molecule has 0 saturated carbocycles. The van der Waals surface area contributed by atoms with Crippen LogP contribution in [0.25, 0.3) is 22.1 Å². The van der Waals surface area contributed by atoms with Gasteiger partial charge in [-0.3, -0.25) is 4.79 Å². The first-order valence-electron chi connectivity index (χ1n) is 5.94. The third-order valence-corrected chi connectivity index (χ3v) is 3.06. The van der Waals surface area contributed by atoms with E-state index in [4.69, 9.17) is 9.15 Å². The monoisotopic (exact) mass is 252 g/mol. The van der Waals surface area contributed by atoms with Crippen LogP contribution >= 0.6 is 0 Å². The van der Waals surface area contributed by atoms with Crippen LogP contribution in [0.4, 0.5) is 0 Å².